The van der Waals surface area contributed by atoms with E-state index in [1.54, 1.807) is 5.57 Å². The van der Waals surface area contributed by atoms with Crippen molar-refractivity contribution in [1.82, 2.24) is 0 Å². The van der Waals surface area contributed by atoms with Crippen molar-refractivity contribution < 1.29 is 5.11 Å². The highest BCUT2D eigenvalue weighted by molar-refractivity contribution is 5.33. The van der Waals surface area contributed by atoms with E-state index < -0.39 is 5.60 Å². The number of allylic oxidation sites excluding steroid dienone is 1. The molecule has 0 aliphatic heterocycles. The zero-order valence-corrected chi connectivity index (χ0v) is 13.2. The summed E-state index contributed by atoms with van der Waals surface area (Å²) in [6.07, 6.45) is 11.6. The molecular formula is C21H26O. The summed E-state index contributed by atoms with van der Waals surface area (Å²) < 4.78 is 0. The Labute approximate surface area is 133 Å². The maximum Gasteiger partial charge on any atom is 0.111 e. The van der Waals surface area contributed by atoms with E-state index in [0.717, 1.165) is 29.2 Å². The van der Waals surface area contributed by atoms with Crippen molar-refractivity contribution in [3.8, 4) is 0 Å². The SMILES string of the molecule is C=CCC(O)(C=C1C2CC3CC(C2)CC1C3)c1ccccc1. The number of benzene rings is 1. The van der Waals surface area contributed by atoms with Crippen molar-refractivity contribution in [3.05, 3.63) is 60.2 Å². The Balaban J connectivity index is 1.70. The van der Waals surface area contributed by atoms with Gasteiger partial charge in [0, 0.05) is 6.42 Å². The smallest absolute Gasteiger partial charge is 0.111 e. The molecule has 0 spiro atoms. The van der Waals surface area contributed by atoms with Crippen LogP contribution in [0, 0.1) is 23.7 Å². The van der Waals surface area contributed by atoms with E-state index in [9.17, 15) is 5.11 Å². The summed E-state index contributed by atoms with van der Waals surface area (Å²) in [6.45, 7) is 3.87. The summed E-state index contributed by atoms with van der Waals surface area (Å²) in [5.74, 6) is 3.39. The van der Waals surface area contributed by atoms with Gasteiger partial charge in [-0.2, -0.15) is 0 Å². The lowest BCUT2D eigenvalue weighted by Gasteiger charge is -2.52. The monoisotopic (exact) mass is 294 g/mol. The van der Waals surface area contributed by atoms with Gasteiger partial charge in [-0.05, 0) is 67.4 Å². The zero-order valence-electron chi connectivity index (χ0n) is 13.2. The van der Waals surface area contributed by atoms with Gasteiger partial charge in [-0.25, -0.2) is 0 Å². The summed E-state index contributed by atoms with van der Waals surface area (Å²) >= 11 is 0. The van der Waals surface area contributed by atoms with Crippen molar-refractivity contribution >= 4 is 0 Å². The third kappa shape index (κ3) is 2.36. The Morgan fingerprint density at radius 3 is 2.14 bits per heavy atom. The molecule has 116 valence electrons. The Morgan fingerprint density at radius 2 is 1.59 bits per heavy atom. The minimum atomic E-state index is -0.881. The summed E-state index contributed by atoms with van der Waals surface area (Å²) in [6, 6.07) is 10.1. The first-order chi connectivity index (χ1) is 10.7. The second kappa shape index (κ2) is 5.38. The molecule has 0 heterocycles. The minimum Gasteiger partial charge on any atom is -0.381 e. The van der Waals surface area contributed by atoms with E-state index in [1.165, 1.54) is 32.1 Å². The molecule has 1 heteroatoms. The molecule has 1 nitrogen and oxygen atoms in total. The average molecular weight is 294 g/mol. The highest BCUT2D eigenvalue weighted by Gasteiger charge is 2.46. The van der Waals surface area contributed by atoms with Crippen LogP contribution in [0.3, 0.4) is 0 Å². The lowest BCUT2D eigenvalue weighted by Crippen LogP contribution is -2.41. The summed E-state index contributed by atoms with van der Waals surface area (Å²) in [7, 11) is 0. The molecule has 4 fully saturated rings. The first-order valence-corrected chi connectivity index (χ1v) is 8.79. The van der Waals surface area contributed by atoms with Crippen LogP contribution < -0.4 is 0 Å². The molecule has 0 saturated heterocycles. The van der Waals surface area contributed by atoms with Crippen LogP contribution in [-0.2, 0) is 5.60 Å². The van der Waals surface area contributed by atoms with Crippen molar-refractivity contribution in [2.45, 2.75) is 44.1 Å². The quantitative estimate of drug-likeness (QED) is 0.788. The fourth-order valence-electron chi connectivity index (χ4n) is 5.45. The maximum absolute atomic E-state index is 11.3. The van der Waals surface area contributed by atoms with Gasteiger partial charge < -0.3 is 5.11 Å². The van der Waals surface area contributed by atoms with Crippen LogP contribution >= 0.6 is 0 Å². The van der Waals surface area contributed by atoms with Crippen LogP contribution in [0.4, 0.5) is 0 Å². The molecule has 1 atom stereocenters. The van der Waals surface area contributed by atoms with Crippen LogP contribution in [0.5, 0.6) is 0 Å². The fourth-order valence-corrected chi connectivity index (χ4v) is 5.45. The van der Waals surface area contributed by atoms with Gasteiger partial charge in [0.15, 0.2) is 0 Å². The average Bonchev–Trinajstić information content (AvgIpc) is 2.51. The summed E-state index contributed by atoms with van der Waals surface area (Å²) in [5, 5.41) is 11.3. The molecule has 0 radical (unpaired) electrons. The van der Waals surface area contributed by atoms with Crippen molar-refractivity contribution in [1.29, 1.82) is 0 Å². The van der Waals surface area contributed by atoms with E-state index in [2.05, 4.69) is 12.7 Å². The molecule has 4 bridgehead atoms. The number of hydrogen-bond acceptors (Lipinski definition) is 1. The van der Waals surface area contributed by atoms with Gasteiger partial charge in [0.25, 0.3) is 0 Å². The van der Waals surface area contributed by atoms with Gasteiger partial charge in [-0.1, -0.05) is 42.0 Å². The van der Waals surface area contributed by atoms with Crippen molar-refractivity contribution in [2.75, 3.05) is 0 Å². The van der Waals surface area contributed by atoms with E-state index in [1.807, 2.05) is 36.4 Å². The second-order valence-electron chi connectivity index (χ2n) is 7.73. The predicted octanol–water partition coefficient (Wildman–Crippen LogP) is 4.83. The van der Waals surface area contributed by atoms with Crippen LogP contribution in [0.2, 0.25) is 0 Å². The molecule has 1 unspecified atom stereocenters. The van der Waals surface area contributed by atoms with Gasteiger partial charge in [-0.3, -0.25) is 0 Å². The first-order valence-electron chi connectivity index (χ1n) is 8.79. The normalized spacial score (nSPS) is 35.2. The van der Waals surface area contributed by atoms with Gasteiger partial charge in [-0.15, -0.1) is 6.58 Å². The number of rotatable bonds is 4. The number of hydrogen-bond donors (Lipinski definition) is 1. The van der Waals surface area contributed by atoms with E-state index in [0.29, 0.717) is 6.42 Å². The summed E-state index contributed by atoms with van der Waals surface area (Å²) in [5.41, 5.74) is 1.67. The highest BCUT2D eigenvalue weighted by Crippen LogP contribution is 2.57. The van der Waals surface area contributed by atoms with Gasteiger partial charge in [0.2, 0.25) is 0 Å². The highest BCUT2D eigenvalue weighted by atomic mass is 16.3. The van der Waals surface area contributed by atoms with Crippen LogP contribution in [-0.4, -0.2) is 5.11 Å². The molecule has 1 N–H and O–H groups in total. The standard InChI is InChI=1S/C21H26O/c1-2-8-21(22,19-6-4-3-5-7-19)14-20-17-10-15-9-16(12-17)13-18(20)11-15/h2-7,14-18,22H,1,8-13H2. The van der Waals surface area contributed by atoms with Crippen LogP contribution in [0.25, 0.3) is 0 Å². The van der Waals surface area contributed by atoms with E-state index in [-0.39, 0.29) is 0 Å². The van der Waals surface area contributed by atoms with Crippen LogP contribution in [0.15, 0.2) is 54.6 Å². The largest absolute Gasteiger partial charge is 0.381 e. The summed E-state index contributed by atoms with van der Waals surface area (Å²) in [4.78, 5) is 0. The van der Waals surface area contributed by atoms with E-state index >= 15 is 0 Å². The molecule has 22 heavy (non-hydrogen) atoms. The first kappa shape index (κ1) is 14.3. The Morgan fingerprint density at radius 1 is 1.00 bits per heavy atom. The molecule has 0 amide bonds. The molecule has 5 rings (SSSR count). The molecule has 4 aliphatic carbocycles. The lowest BCUT2D eigenvalue weighted by molar-refractivity contribution is 0.0559. The molecule has 0 aromatic heterocycles. The Bertz CT molecular complexity index is 555. The molecule has 1 aromatic carbocycles. The molecule has 4 saturated carbocycles. The fraction of sp³-hybridized carbons (Fsp3) is 0.524. The second-order valence-corrected chi connectivity index (χ2v) is 7.73. The topological polar surface area (TPSA) is 20.2 Å². The van der Waals surface area contributed by atoms with Crippen molar-refractivity contribution in [2.24, 2.45) is 23.7 Å². The Hall–Kier alpha value is -1.34. The minimum absolute atomic E-state index is 0.590. The lowest BCUT2D eigenvalue weighted by atomic mass is 9.53. The number of aliphatic hydroxyl groups is 1. The zero-order chi connectivity index (χ0) is 15.2. The molecular weight excluding hydrogens is 268 g/mol. The van der Waals surface area contributed by atoms with Crippen molar-refractivity contribution in [3.63, 3.8) is 0 Å². The van der Waals surface area contributed by atoms with Gasteiger partial charge >= 0.3 is 0 Å². The van der Waals surface area contributed by atoms with E-state index in [4.69, 9.17) is 0 Å². The molecule has 4 aliphatic rings. The van der Waals surface area contributed by atoms with Gasteiger partial charge in [0.1, 0.15) is 5.60 Å². The van der Waals surface area contributed by atoms with Crippen LogP contribution in [0.1, 0.15) is 44.1 Å². The maximum atomic E-state index is 11.3. The third-order valence-corrected chi connectivity index (χ3v) is 6.22. The predicted molar refractivity (Wildman–Crippen MR) is 90.3 cm³/mol. The third-order valence-electron chi connectivity index (χ3n) is 6.22. The molecule has 1 aromatic rings. The Kier molecular flexibility index (Phi) is 3.49. The van der Waals surface area contributed by atoms with Gasteiger partial charge in [0.05, 0.1) is 0 Å².